The fourth-order valence-corrected chi connectivity index (χ4v) is 7.41. The molecule has 6 heterocycles. The minimum atomic E-state index is -0.606. The lowest BCUT2D eigenvalue weighted by atomic mass is 9.94. The van der Waals surface area contributed by atoms with Crippen molar-refractivity contribution in [3.63, 3.8) is 0 Å². The predicted molar refractivity (Wildman–Crippen MR) is 156 cm³/mol. The second-order valence-corrected chi connectivity index (χ2v) is 12.0. The van der Waals surface area contributed by atoms with E-state index in [0.717, 1.165) is 81.9 Å². The van der Waals surface area contributed by atoms with Crippen molar-refractivity contribution in [2.75, 3.05) is 70.2 Å². The van der Waals surface area contributed by atoms with Crippen molar-refractivity contribution in [2.24, 2.45) is 0 Å². The van der Waals surface area contributed by atoms with Crippen molar-refractivity contribution in [2.45, 2.75) is 25.7 Å². The molecule has 0 unspecified atom stereocenters. The fraction of sp³-hybridized carbons (Fsp3) is 0.448. The number of aromatic nitrogens is 3. The van der Waals surface area contributed by atoms with Crippen molar-refractivity contribution < 1.29 is 18.3 Å². The summed E-state index contributed by atoms with van der Waals surface area (Å²) in [7, 11) is 1.73. The summed E-state index contributed by atoms with van der Waals surface area (Å²) in [5.74, 6) is -0.720. The lowest BCUT2D eigenvalue weighted by Crippen LogP contribution is -2.51. The van der Waals surface area contributed by atoms with E-state index in [1.807, 2.05) is 6.07 Å². The number of hydrogen-bond donors (Lipinski definition) is 1. The zero-order valence-corrected chi connectivity index (χ0v) is 24.0. The smallest absolute Gasteiger partial charge is 0.226 e. The molecule has 0 saturated carbocycles. The zero-order chi connectivity index (χ0) is 29.0. The normalized spacial score (nSPS) is 19.7. The molecule has 2 saturated heterocycles. The SMILES string of the molecule is COCCN1CCN([C@@H]2CCN(c3ncc4c5c(c(-c6ncc(F)c7sc(N)c(C#N)c67)c(F)c4n3)COC5)C2)CC1. The van der Waals surface area contributed by atoms with Gasteiger partial charge < -0.3 is 20.1 Å². The van der Waals surface area contributed by atoms with Gasteiger partial charge >= 0.3 is 0 Å². The van der Waals surface area contributed by atoms with Gasteiger partial charge in [-0.05, 0) is 17.5 Å². The van der Waals surface area contributed by atoms with Crippen LogP contribution in [0.3, 0.4) is 0 Å². The molecule has 1 aromatic carbocycles. The van der Waals surface area contributed by atoms with E-state index in [0.29, 0.717) is 22.9 Å². The Morgan fingerprint density at radius 3 is 2.74 bits per heavy atom. The summed E-state index contributed by atoms with van der Waals surface area (Å²) in [6.45, 7) is 7.71. The molecule has 3 aliphatic heterocycles. The number of nitrogen functional groups attached to an aromatic ring is 1. The molecule has 3 aliphatic rings. The first-order valence-corrected chi connectivity index (χ1v) is 14.8. The number of nitrogens with zero attached hydrogens (tertiary/aromatic N) is 7. The third-order valence-electron chi connectivity index (χ3n) is 8.71. The standard InChI is InChI=1S/C29H30F2N8O2S/c1-40-9-8-37-4-6-38(7-5-37)16-2-3-39(13-16)29-35-11-18-19-14-41-15-20(19)22(24(31)25(18)36-29)26-23-17(10-32)28(33)42-27(23)21(30)12-34-26/h11-12,16H,2-9,13-15,33H2,1H3/t16-/m1/s1. The Kier molecular flexibility index (Phi) is 7.11. The molecule has 0 radical (unpaired) electrons. The van der Waals surface area contributed by atoms with Gasteiger partial charge in [-0.3, -0.25) is 14.8 Å². The number of piperazine rings is 1. The van der Waals surface area contributed by atoms with Gasteiger partial charge in [0.15, 0.2) is 11.6 Å². The van der Waals surface area contributed by atoms with Crippen molar-refractivity contribution in [1.82, 2.24) is 24.8 Å². The van der Waals surface area contributed by atoms with Crippen LogP contribution in [0.1, 0.15) is 23.1 Å². The quantitative estimate of drug-likeness (QED) is 0.357. The minimum absolute atomic E-state index is 0.0928. The number of benzene rings is 1. The molecule has 13 heteroatoms. The Labute approximate surface area is 245 Å². The molecule has 1 atom stereocenters. The fourth-order valence-electron chi connectivity index (χ4n) is 6.49. The molecule has 4 aromatic rings. The molecule has 2 N–H and O–H groups in total. The van der Waals surface area contributed by atoms with E-state index in [9.17, 15) is 9.65 Å². The summed E-state index contributed by atoms with van der Waals surface area (Å²) < 4.78 is 42.5. The summed E-state index contributed by atoms with van der Waals surface area (Å²) >= 11 is 0.958. The number of pyridine rings is 1. The van der Waals surface area contributed by atoms with Crippen molar-refractivity contribution in [1.29, 1.82) is 5.26 Å². The van der Waals surface area contributed by atoms with Gasteiger partial charge in [-0.1, -0.05) is 0 Å². The second kappa shape index (κ2) is 10.9. The molecule has 2 fully saturated rings. The van der Waals surface area contributed by atoms with E-state index in [-0.39, 0.29) is 50.6 Å². The molecule has 7 rings (SSSR count). The van der Waals surface area contributed by atoms with Crippen molar-refractivity contribution in [3.05, 3.63) is 40.7 Å². The van der Waals surface area contributed by atoms with Crippen LogP contribution in [0, 0.1) is 23.0 Å². The van der Waals surface area contributed by atoms with Crippen LogP contribution in [-0.2, 0) is 22.7 Å². The van der Waals surface area contributed by atoms with Crippen LogP contribution in [-0.4, -0.2) is 90.3 Å². The van der Waals surface area contributed by atoms with Crippen molar-refractivity contribution in [3.8, 4) is 17.3 Å². The van der Waals surface area contributed by atoms with Gasteiger partial charge in [-0.25, -0.2) is 18.7 Å². The van der Waals surface area contributed by atoms with Crippen LogP contribution >= 0.6 is 11.3 Å². The summed E-state index contributed by atoms with van der Waals surface area (Å²) in [6, 6.07) is 2.43. The maximum absolute atomic E-state index is 16.6. The van der Waals surface area contributed by atoms with Gasteiger partial charge in [-0.15, -0.1) is 11.3 Å². The molecule has 10 nitrogen and oxygen atoms in total. The van der Waals surface area contributed by atoms with Gasteiger partial charge in [-0.2, -0.15) is 5.26 Å². The number of nitrogens with two attached hydrogens (primary N) is 1. The van der Waals surface area contributed by atoms with Crippen LogP contribution in [0.15, 0.2) is 12.4 Å². The number of fused-ring (bicyclic) bond motifs is 4. The number of nitriles is 1. The van der Waals surface area contributed by atoms with Crippen LogP contribution < -0.4 is 10.6 Å². The summed E-state index contributed by atoms with van der Waals surface area (Å²) in [4.78, 5) is 20.8. The largest absolute Gasteiger partial charge is 0.389 e. The summed E-state index contributed by atoms with van der Waals surface area (Å²) in [5.41, 5.74) is 8.03. The van der Waals surface area contributed by atoms with Gasteiger partial charge in [0.25, 0.3) is 0 Å². The molecule has 0 amide bonds. The molecule has 0 bridgehead atoms. The maximum atomic E-state index is 16.6. The lowest BCUT2D eigenvalue weighted by Gasteiger charge is -2.37. The third-order valence-corrected chi connectivity index (χ3v) is 9.74. The predicted octanol–water partition coefficient (Wildman–Crippen LogP) is 3.51. The lowest BCUT2D eigenvalue weighted by molar-refractivity contribution is 0.0794. The number of ether oxygens (including phenoxy) is 2. The first-order valence-electron chi connectivity index (χ1n) is 14.0. The molecule has 42 heavy (non-hydrogen) atoms. The highest BCUT2D eigenvalue weighted by atomic mass is 32.1. The zero-order valence-electron chi connectivity index (χ0n) is 23.2. The summed E-state index contributed by atoms with van der Waals surface area (Å²) in [6.07, 6.45) is 3.71. The van der Waals surface area contributed by atoms with E-state index < -0.39 is 11.6 Å². The number of methoxy groups -OCH3 is 1. The van der Waals surface area contributed by atoms with E-state index in [1.165, 1.54) is 0 Å². The third kappa shape index (κ3) is 4.45. The van der Waals surface area contributed by atoms with Gasteiger partial charge in [0.1, 0.15) is 16.6 Å². The molecule has 3 aromatic heterocycles. The van der Waals surface area contributed by atoms with E-state index in [4.69, 9.17) is 20.2 Å². The van der Waals surface area contributed by atoms with Crippen LogP contribution in [0.4, 0.5) is 19.7 Å². The first-order chi connectivity index (χ1) is 20.5. The van der Waals surface area contributed by atoms with E-state index in [2.05, 4.69) is 24.7 Å². The number of thiophene rings is 1. The van der Waals surface area contributed by atoms with Crippen LogP contribution in [0.5, 0.6) is 0 Å². The monoisotopic (exact) mass is 592 g/mol. The Balaban J connectivity index is 1.24. The second-order valence-electron chi connectivity index (χ2n) is 10.9. The van der Waals surface area contributed by atoms with Gasteiger partial charge in [0, 0.05) is 81.5 Å². The first kappa shape index (κ1) is 27.3. The van der Waals surface area contributed by atoms with Gasteiger partial charge in [0.2, 0.25) is 5.95 Å². The highest BCUT2D eigenvalue weighted by Crippen LogP contribution is 2.45. The topological polar surface area (TPSA) is 117 Å². The molecular formula is C29H30F2N8O2S. The molecular weight excluding hydrogens is 562 g/mol. The number of rotatable bonds is 6. The Hall–Kier alpha value is -3.54. The minimum Gasteiger partial charge on any atom is -0.389 e. The van der Waals surface area contributed by atoms with Crippen LogP contribution in [0.2, 0.25) is 0 Å². The Bertz CT molecular complexity index is 1730. The molecule has 0 spiro atoms. The summed E-state index contributed by atoms with van der Waals surface area (Å²) in [5, 5.41) is 10.8. The van der Waals surface area contributed by atoms with Crippen molar-refractivity contribution >= 4 is 43.3 Å². The van der Waals surface area contributed by atoms with E-state index in [1.54, 1.807) is 13.3 Å². The highest BCUT2D eigenvalue weighted by Gasteiger charge is 2.33. The Morgan fingerprint density at radius 2 is 1.95 bits per heavy atom. The average molecular weight is 593 g/mol. The molecule has 218 valence electrons. The van der Waals surface area contributed by atoms with Gasteiger partial charge in [0.05, 0.1) is 42.0 Å². The molecule has 0 aliphatic carbocycles. The average Bonchev–Trinajstić information content (AvgIpc) is 3.76. The number of anilines is 2. The Morgan fingerprint density at radius 1 is 1.14 bits per heavy atom. The maximum Gasteiger partial charge on any atom is 0.226 e. The van der Waals surface area contributed by atoms with E-state index >= 15 is 4.39 Å². The van der Waals surface area contributed by atoms with Crippen LogP contribution in [0.25, 0.3) is 32.2 Å². The highest BCUT2D eigenvalue weighted by molar-refractivity contribution is 7.23. The number of hydrogen-bond acceptors (Lipinski definition) is 11. The number of halogens is 2.